The summed E-state index contributed by atoms with van der Waals surface area (Å²) in [6.07, 6.45) is 0.550. The second-order valence-electron chi connectivity index (χ2n) is 4.36. The Morgan fingerprint density at radius 2 is 1.60 bits per heavy atom. The standard InChI is InChI=1S/C14H10F2N4/c15-12-6-11(7-13(16)8-12)10-3-1-9(2-4-10)5-14-17-19-20-18-14/h1-4,6-8H,5H2,(H,17,18,19,20). The molecule has 1 heterocycles. The average Bonchev–Trinajstić information content (AvgIpc) is 2.91. The smallest absolute Gasteiger partial charge is 0.178 e. The molecule has 0 radical (unpaired) electrons. The van der Waals surface area contributed by atoms with Crippen molar-refractivity contribution < 1.29 is 8.78 Å². The number of benzene rings is 2. The largest absolute Gasteiger partial charge is 0.207 e. The molecule has 4 nitrogen and oxygen atoms in total. The zero-order valence-corrected chi connectivity index (χ0v) is 10.3. The molecule has 6 heteroatoms. The van der Waals surface area contributed by atoms with E-state index in [1.807, 2.05) is 24.3 Å². The van der Waals surface area contributed by atoms with Crippen LogP contribution in [-0.2, 0) is 6.42 Å². The summed E-state index contributed by atoms with van der Waals surface area (Å²) in [5.41, 5.74) is 2.25. The van der Waals surface area contributed by atoms with E-state index in [-0.39, 0.29) is 0 Å². The van der Waals surface area contributed by atoms with Crippen LogP contribution in [0.5, 0.6) is 0 Å². The highest BCUT2D eigenvalue weighted by Gasteiger charge is 2.05. The fraction of sp³-hybridized carbons (Fsp3) is 0.0714. The molecule has 0 saturated carbocycles. The maximum atomic E-state index is 13.2. The quantitative estimate of drug-likeness (QED) is 0.797. The third kappa shape index (κ3) is 2.69. The lowest BCUT2D eigenvalue weighted by atomic mass is 10.0. The Kier molecular flexibility index (Phi) is 3.20. The molecule has 0 aliphatic rings. The number of nitrogens with one attached hydrogen (secondary N) is 1. The second-order valence-corrected chi connectivity index (χ2v) is 4.36. The minimum absolute atomic E-state index is 0.508. The Morgan fingerprint density at radius 3 is 2.20 bits per heavy atom. The lowest BCUT2D eigenvalue weighted by Crippen LogP contribution is -1.91. The fourth-order valence-electron chi connectivity index (χ4n) is 1.98. The normalized spacial score (nSPS) is 10.7. The number of aromatic amines is 1. The first-order valence-corrected chi connectivity index (χ1v) is 5.98. The highest BCUT2D eigenvalue weighted by molar-refractivity contribution is 5.63. The lowest BCUT2D eigenvalue weighted by Gasteiger charge is -2.04. The molecule has 0 amide bonds. The summed E-state index contributed by atoms with van der Waals surface area (Å²) in [4.78, 5) is 0. The van der Waals surface area contributed by atoms with Gasteiger partial charge in [-0.2, -0.15) is 5.21 Å². The van der Waals surface area contributed by atoms with Gasteiger partial charge in [0.25, 0.3) is 0 Å². The highest BCUT2D eigenvalue weighted by Crippen LogP contribution is 2.22. The molecule has 1 aromatic heterocycles. The van der Waals surface area contributed by atoms with E-state index in [1.54, 1.807) is 0 Å². The molecule has 20 heavy (non-hydrogen) atoms. The van der Waals surface area contributed by atoms with E-state index < -0.39 is 11.6 Å². The molecule has 0 bridgehead atoms. The predicted molar refractivity (Wildman–Crippen MR) is 68.8 cm³/mol. The van der Waals surface area contributed by atoms with Gasteiger partial charge in [-0.15, -0.1) is 10.2 Å². The van der Waals surface area contributed by atoms with Gasteiger partial charge in [-0.05, 0) is 28.8 Å². The fourth-order valence-corrected chi connectivity index (χ4v) is 1.98. The molecule has 3 aromatic rings. The number of halogens is 2. The van der Waals surface area contributed by atoms with Crippen molar-refractivity contribution in [2.45, 2.75) is 6.42 Å². The van der Waals surface area contributed by atoms with E-state index in [2.05, 4.69) is 20.6 Å². The second kappa shape index (κ2) is 5.16. The molecule has 0 atom stereocenters. The van der Waals surface area contributed by atoms with Crippen molar-refractivity contribution in [2.75, 3.05) is 0 Å². The van der Waals surface area contributed by atoms with Crippen LogP contribution in [0.3, 0.4) is 0 Å². The Balaban J connectivity index is 1.85. The van der Waals surface area contributed by atoms with Gasteiger partial charge in [0.1, 0.15) is 11.6 Å². The summed E-state index contributed by atoms with van der Waals surface area (Å²) in [5, 5.41) is 13.6. The van der Waals surface area contributed by atoms with Crippen molar-refractivity contribution in [3.63, 3.8) is 0 Å². The van der Waals surface area contributed by atoms with Crippen LogP contribution < -0.4 is 0 Å². The zero-order valence-electron chi connectivity index (χ0n) is 10.3. The molecule has 3 rings (SSSR count). The first kappa shape index (κ1) is 12.4. The summed E-state index contributed by atoms with van der Waals surface area (Å²) in [6.45, 7) is 0. The lowest BCUT2D eigenvalue weighted by molar-refractivity contribution is 0.584. The summed E-state index contributed by atoms with van der Waals surface area (Å²) < 4.78 is 26.4. The van der Waals surface area contributed by atoms with Crippen molar-refractivity contribution in [3.8, 4) is 11.1 Å². The number of aromatic nitrogens is 4. The third-order valence-electron chi connectivity index (χ3n) is 2.90. The predicted octanol–water partition coefficient (Wildman–Crippen LogP) is 2.74. The van der Waals surface area contributed by atoms with Crippen LogP contribution in [0.15, 0.2) is 42.5 Å². The minimum Gasteiger partial charge on any atom is -0.207 e. The Labute approximate surface area is 113 Å². The molecule has 0 spiro atoms. The topological polar surface area (TPSA) is 54.5 Å². The molecule has 2 aromatic carbocycles. The van der Waals surface area contributed by atoms with Gasteiger partial charge in [-0.3, -0.25) is 0 Å². The number of nitrogens with zero attached hydrogens (tertiary/aromatic N) is 3. The highest BCUT2D eigenvalue weighted by atomic mass is 19.1. The Bertz CT molecular complexity index is 688. The summed E-state index contributed by atoms with van der Waals surface area (Å²) in [5.74, 6) is -0.582. The maximum Gasteiger partial charge on any atom is 0.178 e. The van der Waals surface area contributed by atoms with E-state index in [9.17, 15) is 8.78 Å². The maximum absolute atomic E-state index is 13.2. The van der Waals surface area contributed by atoms with Crippen LogP contribution in [0.4, 0.5) is 8.78 Å². The molecule has 0 aliphatic carbocycles. The SMILES string of the molecule is Fc1cc(F)cc(-c2ccc(Cc3nn[nH]n3)cc2)c1. The molecular formula is C14H10F2N4. The van der Waals surface area contributed by atoms with Crippen molar-refractivity contribution in [1.29, 1.82) is 0 Å². The van der Waals surface area contributed by atoms with E-state index in [0.29, 0.717) is 17.8 Å². The van der Waals surface area contributed by atoms with Gasteiger partial charge in [-0.25, -0.2) is 8.78 Å². The molecule has 0 unspecified atom stereocenters. The van der Waals surface area contributed by atoms with Gasteiger partial charge in [0, 0.05) is 12.5 Å². The Hall–Kier alpha value is -2.63. The molecule has 0 saturated heterocycles. The van der Waals surface area contributed by atoms with E-state index in [0.717, 1.165) is 17.2 Å². The first-order chi connectivity index (χ1) is 9.70. The molecular weight excluding hydrogens is 262 g/mol. The van der Waals surface area contributed by atoms with Crippen molar-refractivity contribution >= 4 is 0 Å². The van der Waals surface area contributed by atoms with Crippen LogP contribution in [0, 0.1) is 11.6 Å². The van der Waals surface area contributed by atoms with Crippen LogP contribution in [0.1, 0.15) is 11.4 Å². The van der Waals surface area contributed by atoms with Crippen LogP contribution >= 0.6 is 0 Å². The number of hydrogen-bond donors (Lipinski definition) is 1. The molecule has 0 aliphatic heterocycles. The van der Waals surface area contributed by atoms with Gasteiger partial charge in [0.2, 0.25) is 0 Å². The molecule has 1 N–H and O–H groups in total. The van der Waals surface area contributed by atoms with Crippen molar-refractivity contribution in [3.05, 3.63) is 65.5 Å². The molecule has 100 valence electrons. The van der Waals surface area contributed by atoms with Gasteiger partial charge >= 0.3 is 0 Å². The van der Waals surface area contributed by atoms with Gasteiger partial charge in [0.15, 0.2) is 5.82 Å². The molecule has 0 fully saturated rings. The number of tetrazole rings is 1. The summed E-state index contributed by atoms with van der Waals surface area (Å²) >= 11 is 0. The first-order valence-electron chi connectivity index (χ1n) is 5.98. The average molecular weight is 272 g/mol. The van der Waals surface area contributed by atoms with E-state index in [4.69, 9.17) is 0 Å². The van der Waals surface area contributed by atoms with E-state index >= 15 is 0 Å². The number of rotatable bonds is 3. The van der Waals surface area contributed by atoms with Crippen LogP contribution in [0.25, 0.3) is 11.1 Å². The van der Waals surface area contributed by atoms with Crippen molar-refractivity contribution in [1.82, 2.24) is 20.6 Å². The minimum atomic E-state index is -0.587. The van der Waals surface area contributed by atoms with Crippen LogP contribution in [0.2, 0.25) is 0 Å². The third-order valence-corrected chi connectivity index (χ3v) is 2.90. The zero-order chi connectivity index (χ0) is 13.9. The number of hydrogen-bond acceptors (Lipinski definition) is 3. The van der Waals surface area contributed by atoms with Gasteiger partial charge < -0.3 is 0 Å². The number of H-pyrrole nitrogens is 1. The van der Waals surface area contributed by atoms with Gasteiger partial charge in [0.05, 0.1) is 0 Å². The monoisotopic (exact) mass is 272 g/mol. The Morgan fingerprint density at radius 1 is 0.900 bits per heavy atom. The van der Waals surface area contributed by atoms with Gasteiger partial charge in [-0.1, -0.05) is 29.5 Å². The van der Waals surface area contributed by atoms with Crippen molar-refractivity contribution in [2.24, 2.45) is 0 Å². The summed E-state index contributed by atoms with van der Waals surface area (Å²) in [6, 6.07) is 10.8. The van der Waals surface area contributed by atoms with Crippen LogP contribution in [-0.4, -0.2) is 20.6 Å². The van der Waals surface area contributed by atoms with E-state index in [1.165, 1.54) is 12.1 Å². The summed E-state index contributed by atoms with van der Waals surface area (Å²) in [7, 11) is 0.